The number of phenols is 1. The molecular formula is C21H18Br2N2O4S. The minimum absolute atomic E-state index is 0.0232. The number of carbonyl (C=O) groups excluding carboxylic acids is 2. The highest BCUT2D eigenvalue weighted by atomic mass is 79.9. The van der Waals surface area contributed by atoms with Crippen LogP contribution in [0.2, 0.25) is 0 Å². The first-order valence-corrected chi connectivity index (χ1v) is 11.0. The molecule has 1 fully saturated rings. The molecule has 0 unspecified atom stereocenters. The number of aryl methyl sites for hydroxylation is 2. The minimum atomic E-state index is -0.597. The van der Waals surface area contributed by atoms with Gasteiger partial charge in [-0.3, -0.25) is 19.8 Å². The molecule has 0 bridgehead atoms. The Hall–Kier alpha value is -2.23. The van der Waals surface area contributed by atoms with Crippen molar-refractivity contribution in [2.24, 2.45) is 0 Å². The number of phenolic OH excluding ortho intramolecular Hbond substituents is 1. The van der Waals surface area contributed by atoms with Gasteiger partial charge in [-0.15, -0.1) is 0 Å². The summed E-state index contributed by atoms with van der Waals surface area (Å²) in [6.45, 7) is 5.96. The highest BCUT2D eigenvalue weighted by Crippen LogP contribution is 2.42. The Morgan fingerprint density at radius 3 is 2.53 bits per heavy atom. The van der Waals surface area contributed by atoms with Gasteiger partial charge in [-0.2, -0.15) is 0 Å². The zero-order valence-electron chi connectivity index (χ0n) is 16.4. The second-order valence-corrected chi connectivity index (χ2v) is 8.59. The van der Waals surface area contributed by atoms with Crippen molar-refractivity contribution >= 4 is 72.8 Å². The number of carbonyl (C=O) groups is 2. The first-order valence-electron chi connectivity index (χ1n) is 8.98. The van der Waals surface area contributed by atoms with Crippen LogP contribution in [0.25, 0.3) is 6.08 Å². The maximum absolute atomic E-state index is 13.3. The second-order valence-electron chi connectivity index (χ2n) is 6.62. The number of hydrogen-bond donors (Lipinski definition) is 2. The standard InChI is InChI=1S/C21H18Br2N2O4S/c1-4-29-15-9-12(16(22)17(23)18(15)26)8-13-19(27)24-21(30)25(20(13)28)14-6-5-10(2)7-11(14)3/h5-9,26H,4H2,1-3H3,(H,24,27,30)/b13-8+. The first-order chi connectivity index (χ1) is 14.1. The topological polar surface area (TPSA) is 78.9 Å². The lowest BCUT2D eigenvalue weighted by atomic mass is 10.0. The average molecular weight is 554 g/mol. The quantitative estimate of drug-likeness (QED) is 0.324. The third-order valence-electron chi connectivity index (χ3n) is 4.47. The lowest BCUT2D eigenvalue weighted by molar-refractivity contribution is -0.122. The van der Waals surface area contributed by atoms with Gasteiger partial charge < -0.3 is 9.84 Å². The highest BCUT2D eigenvalue weighted by Gasteiger charge is 2.35. The third kappa shape index (κ3) is 4.14. The molecule has 0 aliphatic carbocycles. The number of hydrogen-bond acceptors (Lipinski definition) is 5. The van der Waals surface area contributed by atoms with E-state index >= 15 is 0 Å². The highest BCUT2D eigenvalue weighted by molar-refractivity contribution is 9.13. The van der Waals surface area contributed by atoms with Crippen molar-refractivity contribution in [3.63, 3.8) is 0 Å². The maximum Gasteiger partial charge on any atom is 0.270 e. The van der Waals surface area contributed by atoms with Crippen molar-refractivity contribution in [1.29, 1.82) is 0 Å². The molecule has 2 aromatic rings. The van der Waals surface area contributed by atoms with E-state index in [1.54, 1.807) is 19.1 Å². The van der Waals surface area contributed by atoms with Crippen LogP contribution < -0.4 is 15.0 Å². The molecule has 6 nitrogen and oxygen atoms in total. The molecule has 2 aromatic carbocycles. The van der Waals surface area contributed by atoms with Crippen molar-refractivity contribution in [3.8, 4) is 11.5 Å². The molecule has 2 N–H and O–H groups in total. The Balaban J connectivity index is 2.11. The monoisotopic (exact) mass is 552 g/mol. The van der Waals surface area contributed by atoms with Gasteiger partial charge in [0.1, 0.15) is 5.57 Å². The number of ether oxygens (including phenoxy) is 1. The third-order valence-corrected chi connectivity index (χ3v) is 6.91. The SMILES string of the molecule is CCOc1cc(/C=C2\C(=O)NC(=S)N(c3ccc(C)cc3C)C2=O)c(Br)c(Br)c1O. The number of halogens is 2. The predicted molar refractivity (Wildman–Crippen MR) is 127 cm³/mol. The van der Waals surface area contributed by atoms with E-state index in [0.717, 1.165) is 11.1 Å². The van der Waals surface area contributed by atoms with E-state index in [1.807, 2.05) is 26.0 Å². The number of amides is 2. The van der Waals surface area contributed by atoms with E-state index in [0.29, 0.717) is 26.8 Å². The van der Waals surface area contributed by atoms with Crippen LogP contribution in [0.1, 0.15) is 23.6 Å². The first kappa shape index (κ1) is 22.5. The van der Waals surface area contributed by atoms with E-state index in [4.69, 9.17) is 17.0 Å². The number of rotatable bonds is 4. The van der Waals surface area contributed by atoms with E-state index < -0.39 is 11.8 Å². The van der Waals surface area contributed by atoms with Gasteiger partial charge >= 0.3 is 0 Å². The largest absolute Gasteiger partial charge is 0.503 e. The van der Waals surface area contributed by atoms with Crippen LogP contribution in [-0.4, -0.2) is 28.6 Å². The summed E-state index contributed by atoms with van der Waals surface area (Å²) < 4.78 is 6.27. The van der Waals surface area contributed by atoms with Gasteiger partial charge in [0.05, 0.1) is 16.8 Å². The van der Waals surface area contributed by atoms with Gasteiger partial charge in [0, 0.05) is 4.47 Å². The number of benzene rings is 2. The summed E-state index contributed by atoms with van der Waals surface area (Å²) in [7, 11) is 0. The van der Waals surface area contributed by atoms with Crippen molar-refractivity contribution < 1.29 is 19.4 Å². The van der Waals surface area contributed by atoms with Crippen molar-refractivity contribution in [2.75, 3.05) is 11.5 Å². The zero-order valence-corrected chi connectivity index (χ0v) is 20.4. The lowest BCUT2D eigenvalue weighted by Crippen LogP contribution is -2.54. The Labute approximate surface area is 196 Å². The normalized spacial score (nSPS) is 15.6. The Bertz CT molecular complexity index is 1110. The minimum Gasteiger partial charge on any atom is -0.503 e. The van der Waals surface area contributed by atoms with Crippen LogP contribution >= 0.6 is 44.1 Å². The predicted octanol–water partition coefficient (Wildman–Crippen LogP) is 4.76. The molecule has 30 heavy (non-hydrogen) atoms. The average Bonchev–Trinajstić information content (AvgIpc) is 2.68. The number of nitrogens with one attached hydrogen (secondary N) is 1. The molecule has 1 aliphatic heterocycles. The van der Waals surface area contributed by atoms with E-state index in [9.17, 15) is 14.7 Å². The molecule has 0 saturated carbocycles. The molecule has 3 rings (SSSR count). The van der Waals surface area contributed by atoms with Crippen LogP contribution in [0, 0.1) is 13.8 Å². The number of anilines is 1. The zero-order chi connectivity index (χ0) is 22.2. The number of nitrogens with zero attached hydrogens (tertiary/aromatic N) is 1. The maximum atomic E-state index is 13.3. The Kier molecular flexibility index (Phi) is 6.64. The van der Waals surface area contributed by atoms with E-state index in [2.05, 4.69) is 37.2 Å². The van der Waals surface area contributed by atoms with Gasteiger partial charge in [0.25, 0.3) is 11.8 Å². The van der Waals surface area contributed by atoms with Gasteiger partial charge in [0.15, 0.2) is 16.6 Å². The van der Waals surface area contributed by atoms with Gasteiger partial charge in [-0.1, -0.05) is 17.7 Å². The molecule has 0 spiro atoms. The summed E-state index contributed by atoms with van der Waals surface area (Å²) in [5, 5.41) is 12.8. The van der Waals surface area contributed by atoms with Crippen molar-refractivity contribution in [2.45, 2.75) is 20.8 Å². The lowest BCUT2D eigenvalue weighted by Gasteiger charge is -2.30. The van der Waals surface area contributed by atoms with Crippen molar-refractivity contribution in [1.82, 2.24) is 5.32 Å². The van der Waals surface area contributed by atoms with Gasteiger partial charge in [-0.05, 0) is 94.2 Å². The summed E-state index contributed by atoms with van der Waals surface area (Å²) in [5.41, 5.74) is 2.89. The molecular weight excluding hydrogens is 536 g/mol. The summed E-state index contributed by atoms with van der Waals surface area (Å²) in [6, 6.07) is 7.16. The van der Waals surface area contributed by atoms with Crippen LogP contribution in [-0.2, 0) is 9.59 Å². The fourth-order valence-corrected chi connectivity index (χ4v) is 4.19. The van der Waals surface area contributed by atoms with Gasteiger partial charge in [-0.25, -0.2) is 0 Å². The molecule has 1 aliphatic rings. The van der Waals surface area contributed by atoms with E-state index in [1.165, 1.54) is 11.0 Å². The summed E-state index contributed by atoms with van der Waals surface area (Å²) in [4.78, 5) is 27.2. The fourth-order valence-electron chi connectivity index (χ4n) is 3.07. The molecule has 1 saturated heterocycles. The van der Waals surface area contributed by atoms with Crippen LogP contribution in [0.4, 0.5) is 5.69 Å². The number of thiocarbonyl (C=S) groups is 1. The molecule has 156 valence electrons. The smallest absolute Gasteiger partial charge is 0.270 e. The summed E-state index contributed by atoms with van der Waals surface area (Å²) in [5.74, 6) is -0.988. The molecule has 2 amide bonds. The molecule has 9 heteroatoms. The second kappa shape index (κ2) is 8.87. The summed E-state index contributed by atoms with van der Waals surface area (Å²) in [6.07, 6.45) is 1.44. The van der Waals surface area contributed by atoms with Crippen LogP contribution in [0.15, 0.2) is 38.8 Å². The Morgan fingerprint density at radius 2 is 1.90 bits per heavy atom. The van der Waals surface area contributed by atoms with Crippen LogP contribution in [0.5, 0.6) is 11.5 Å². The Morgan fingerprint density at radius 1 is 1.20 bits per heavy atom. The molecule has 1 heterocycles. The van der Waals surface area contributed by atoms with Crippen LogP contribution in [0.3, 0.4) is 0 Å². The molecule has 0 radical (unpaired) electrons. The molecule has 0 aromatic heterocycles. The molecule has 0 atom stereocenters. The summed E-state index contributed by atoms with van der Waals surface area (Å²) >= 11 is 12.0. The number of aromatic hydroxyl groups is 1. The van der Waals surface area contributed by atoms with Crippen molar-refractivity contribution in [3.05, 3.63) is 55.5 Å². The van der Waals surface area contributed by atoms with E-state index in [-0.39, 0.29) is 22.2 Å². The fraction of sp³-hybridized carbons (Fsp3) is 0.190. The van der Waals surface area contributed by atoms with Gasteiger partial charge in [0.2, 0.25) is 0 Å².